The molecule has 4 aromatic rings. The largest absolute Gasteiger partial charge is 0.418 e. The number of aryl methyl sites for hydroxylation is 2. The van der Waals surface area contributed by atoms with Crippen molar-refractivity contribution in [2.45, 2.75) is 37.8 Å². The van der Waals surface area contributed by atoms with E-state index in [1.54, 1.807) is 6.07 Å². The van der Waals surface area contributed by atoms with Crippen LogP contribution < -0.4 is 10.2 Å². The average Bonchev–Trinajstić information content (AvgIpc) is 3.60. The zero-order chi connectivity index (χ0) is 34.4. The van der Waals surface area contributed by atoms with Crippen molar-refractivity contribution in [3.8, 4) is 17.1 Å². The highest BCUT2D eigenvalue weighted by atomic mass is 32.5. The van der Waals surface area contributed by atoms with Gasteiger partial charge in [-0.25, -0.2) is 14.5 Å². The third kappa shape index (κ3) is 7.59. The zero-order valence-corrected chi connectivity index (χ0v) is 26.0. The Morgan fingerprint density at radius 3 is 2.36 bits per heavy atom. The molecule has 1 aromatic heterocycles. The molecule has 0 bridgehead atoms. The van der Waals surface area contributed by atoms with Crippen molar-refractivity contribution in [2.75, 3.05) is 16.0 Å². The summed E-state index contributed by atoms with van der Waals surface area (Å²) in [6.45, 7) is 3.79. The summed E-state index contributed by atoms with van der Waals surface area (Å²) in [6.07, 6.45) is -2.57. The van der Waals surface area contributed by atoms with Crippen molar-refractivity contribution in [2.24, 2.45) is 4.99 Å². The van der Waals surface area contributed by atoms with E-state index in [1.165, 1.54) is 11.0 Å². The Hall–Kier alpha value is -4.45. The Balaban J connectivity index is 1.41. The fraction of sp³-hybridized carbons (Fsp3) is 0.207. The highest BCUT2D eigenvalue weighted by Gasteiger charge is 2.65. The number of hydrogen-bond acceptors (Lipinski definition) is 5. The zero-order valence-electron chi connectivity index (χ0n) is 24.4. The van der Waals surface area contributed by atoms with Crippen LogP contribution in [0.25, 0.3) is 17.1 Å². The summed E-state index contributed by atoms with van der Waals surface area (Å²) < 4.78 is 108. The van der Waals surface area contributed by atoms with Crippen LogP contribution in [0.3, 0.4) is 0 Å². The number of anilines is 2. The van der Waals surface area contributed by atoms with Gasteiger partial charge < -0.3 is 5.32 Å². The van der Waals surface area contributed by atoms with E-state index in [9.17, 15) is 42.2 Å². The van der Waals surface area contributed by atoms with E-state index in [1.807, 2.05) is 26.0 Å². The lowest BCUT2D eigenvalue weighted by molar-refractivity contribution is -0.136. The normalized spacial score (nSPS) is 16.3. The summed E-state index contributed by atoms with van der Waals surface area (Å²) >= 11 is 0.970. The molecule has 18 heteroatoms. The minimum Gasteiger partial charge on any atom is -0.305 e. The van der Waals surface area contributed by atoms with Gasteiger partial charge in [-0.05, 0) is 73.0 Å². The number of benzene rings is 3. The van der Waals surface area contributed by atoms with Crippen LogP contribution in [0.5, 0.6) is 0 Å². The maximum atomic E-state index is 14.1. The predicted octanol–water partition coefficient (Wildman–Crippen LogP) is 9.54. The number of rotatable bonds is 7. The number of amidine groups is 1. The summed E-state index contributed by atoms with van der Waals surface area (Å²) in [4.78, 5) is 32.6. The number of carbonyl (C=O) groups is 2. The first kappa shape index (κ1) is 33.9. The van der Waals surface area contributed by atoms with E-state index in [2.05, 4.69) is 20.4 Å². The summed E-state index contributed by atoms with van der Waals surface area (Å²) in [6, 6.07) is 8.91. The predicted molar refractivity (Wildman–Crippen MR) is 165 cm³/mol. The molecule has 0 radical (unpaired) electrons. The number of nitrogens with zero attached hydrogens (tertiary/aromatic N) is 5. The maximum Gasteiger partial charge on any atom is 0.418 e. The number of urea groups is 1. The second kappa shape index (κ2) is 11.4. The van der Waals surface area contributed by atoms with Crippen LogP contribution in [0.1, 0.15) is 30.0 Å². The second-order valence-electron chi connectivity index (χ2n) is 10.5. The minimum absolute atomic E-state index is 0.00370. The molecular formula is C29H24F8N6O2S2. The van der Waals surface area contributed by atoms with Gasteiger partial charge in [-0.1, -0.05) is 56.7 Å². The highest BCUT2D eigenvalue weighted by Crippen LogP contribution is 3.02. The summed E-state index contributed by atoms with van der Waals surface area (Å²) in [5, 5.41) is 6.08. The van der Waals surface area contributed by atoms with E-state index >= 15 is 0 Å². The molecule has 47 heavy (non-hydrogen) atoms. The van der Waals surface area contributed by atoms with Crippen molar-refractivity contribution < 1.29 is 42.2 Å². The van der Waals surface area contributed by atoms with Gasteiger partial charge in [-0.15, -0.1) is 5.10 Å². The van der Waals surface area contributed by atoms with Crippen LogP contribution >= 0.6 is 22.0 Å². The molecule has 1 fully saturated rings. The lowest BCUT2D eigenvalue weighted by atomic mass is 10.0. The number of alkyl halides is 3. The van der Waals surface area contributed by atoms with Crippen molar-refractivity contribution in [3.63, 3.8) is 0 Å². The first-order valence-electron chi connectivity index (χ1n) is 13.7. The van der Waals surface area contributed by atoms with Gasteiger partial charge in [-0.3, -0.25) is 9.69 Å². The number of thioether (sulfide) groups is 1. The number of nitrogens with one attached hydrogen (secondary N) is 1. The molecule has 0 unspecified atom stereocenters. The number of halogens is 8. The van der Waals surface area contributed by atoms with Gasteiger partial charge in [0.15, 0.2) is 11.0 Å². The third-order valence-electron chi connectivity index (χ3n) is 6.83. The topological polar surface area (TPSA) is 92.5 Å². The fourth-order valence-electron chi connectivity index (χ4n) is 4.68. The second-order valence-corrected chi connectivity index (χ2v) is 13.8. The van der Waals surface area contributed by atoms with E-state index in [-0.39, 0.29) is 46.0 Å². The highest BCUT2D eigenvalue weighted by molar-refractivity contribution is 8.45. The van der Waals surface area contributed by atoms with Gasteiger partial charge in [0.2, 0.25) is 5.91 Å². The smallest absolute Gasteiger partial charge is 0.305 e. The van der Waals surface area contributed by atoms with Crippen LogP contribution in [0, 0.1) is 6.92 Å². The van der Waals surface area contributed by atoms with Crippen LogP contribution in [-0.4, -0.2) is 37.6 Å². The molecule has 0 atom stereocenters. The van der Waals surface area contributed by atoms with Gasteiger partial charge in [0, 0.05) is 5.56 Å². The summed E-state index contributed by atoms with van der Waals surface area (Å²) in [7, 11) is -9.91. The monoisotopic (exact) mass is 704 g/mol. The minimum atomic E-state index is -9.91. The van der Waals surface area contributed by atoms with Crippen LogP contribution in [0.4, 0.5) is 48.8 Å². The Morgan fingerprint density at radius 1 is 1.02 bits per heavy atom. The average molecular weight is 705 g/mol. The molecule has 8 nitrogen and oxygen atoms in total. The molecule has 250 valence electrons. The van der Waals surface area contributed by atoms with Gasteiger partial charge in [0.05, 0.1) is 28.4 Å². The number of amides is 3. The number of aliphatic imine (C=N–C) groups is 1. The Morgan fingerprint density at radius 2 is 1.72 bits per heavy atom. The Labute approximate surface area is 266 Å². The van der Waals surface area contributed by atoms with E-state index in [4.69, 9.17) is 0 Å². The molecule has 1 saturated heterocycles. The molecule has 2 heterocycles. The Bertz CT molecular complexity index is 1910. The molecule has 0 aliphatic carbocycles. The molecule has 3 aromatic carbocycles. The molecule has 1 aliphatic rings. The van der Waals surface area contributed by atoms with Crippen molar-refractivity contribution in [1.82, 2.24) is 14.8 Å². The van der Waals surface area contributed by atoms with Gasteiger partial charge in [0.1, 0.15) is 11.2 Å². The van der Waals surface area contributed by atoms with Crippen LogP contribution in [0.15, 0.2) is 76.9 Å². The quantitative estimate of drug-likeness (QED) is 0.194. The number of carbonyl (C=O) groups excluding carboxylic acids is 2. The van der Waals surface area contributed by atoms with E-state index < -0.39 is 38.6 Å². The maximum absolute atomic E-state index is 14.1. The molecule has 1 N–H and O–H groups in total. The van der Waals surface area contributed by atoms with Crippen LogP contribution in [0.2, 0.25) is 0 Å². The third-order valence-corrected chi connectivity index (χ3v) is 8.91. The molecule has 1 aliphatic heterocycles. The van der Waals surface area contributed by atoms with Gasteiger partial charge in [-0.2, -0.15) is 18.2 Å². The van der Waals surface area contributed by atoms with E-state index in [0.717, 1.165) is 46.4 Å². The standard InChI is InChI=1S/C29H24F8N6O2S2/c1-3-4-18-6-5-17(2)13-24(18)43-25(44)15-46-28(43)40-27(45)39-23-12-7-19(14-22(23)29(30,31)32)26-38-16-42(41-26)20-8-10-21(11-9-20)47(33,34,35,36)37/h5-14,16H,3-4,15H2,1-2H3,(H,39,45)/b40-28-. The number of aromatic nitrogens is 3. The van der Waals surface area contributed by atoms with Crippen molar-refractivity contribution >= 4 is 50.5 Å². The molecular weight excluding hydrogens is 680 g/mol. The first-order chi connectivity index (χ1) is 21.7. The lowest BCUT2D eigenvalue weighted by Gasteiger charge is -2.40. The van der Waals surface area contributed by atoms with Crippen LogP contribution in [-0.2, 0) is 17.4 Å². The summed E-state index contributed by atoms with van der Waals surface area (Å²) in [5.41, 5.74) is 0.0203. The molecule has 5 rings (SSSR count). The SMILES string of the molecule is CCCc1ccc(C)cc1N1C(=O)CS/C1=N\C(=O)Nc1ccc(-c2ncn(-c3ccc(S(F)(F)(F)(F)F)cc3)n2)cc1C(F)(F)F. The fourth-order valence-corrected chi connectivity index (χ4v) is 6.19. The molecule has 0 saturated carbocycles. The first-order valence-corrected chi connectivity index (χ1v) is 16.6. The van der Waals surface area contributed by atoms with Crippen molar-refractivity contribution in [1.29, 1.82) is 0 Å². The Kier molecular flexibility index (Phi) is 8.19. The molecule has 3 amide bonds. The number of hydrogen-bond donors (Lipinski definition) is 1. The van der Waals surface area contributed by atoms with E-state index in [0.29, 0.717) is 30.3 Å². The lowest BCUT2D eigenvalue weighted by Crippen LogP contribution is -2.31. The summed E-state index contributed by atoms with van der Waals surface area (Å²) in [5.74, 6) is -0.635. The molecule has 0 spiro atoms. The van der Waals surface area contributed by atoms with Gasteiger partial charge in [0.25, 0.3) is 0 Å². The van der Waals surface area contributed by atoms with Crippen molar-refractivity contribution in [3.05, 3.63) is 83.7 Å². The van der Waals surface area contributed by atoms with Gasteiger partial charge >= 0.3 is 22.4 Å².